The second-order valence-electron chi connectivity index (χ2n) is 5.00. The Hall–Kier alpha value is -1.92. The van der Waals surface area contributed by atoms with Gasteiger partial charge in [-0.2, -0.15) is 8.78 Å². The second kappa shape index (κ2) is 6.49. The number of hydrogen-bond donors (Lipinski definition) is 1. The van der Waals surface area contributed by atoms with E-state index in [1.54, 1.807) is 20.8 Å². The van der Waals surface area contributed by atoms with Crippen molar-refractivity contribution in [3.63, 3.8) is 0 Å². The predicted molar refractivity (Wildman–Crippen MR) is 68.3 cm³/mol. The number of nitrogens with zero attached hydrogens (tertiary/aromatic N) is 1. The van der Waals surface area contributed by atoms with E-state index in [1.165, 1.54) is 18.3 Å². The van der Waals surface area contributed by atoms with E-state index in [1.807, 2.05) is 0 Å². The summed E-state index contributed by atoms with van der Waals surface area (Å²) >= 11 is 0. The van der Waals surface area contributed by atoms with Crippen molar-refractivity contribution in [1.82, 2.24) is 10.3 Å². The van der Waals surface area contributed by atoms with Gasteiger partial charge in [0.15, 0.2) is 0 Å². The molecule has 1 heterocycles. The summed E-state index contributed by atoms with van der Waals surface area (Å²) in [7, 11) is 0. The predicted octanol–water partition coefficient (Wildman–Crippen LogP) is 3.08. The number of alkyl carbamates (subject to hydrolysis) is 1. The van der Waals surface area contributed by atoms with E-state index in [9.17, 15) is 13.6 Å². The Labute approximate surface area is 116 Å². The zero-order valence-electron chi connectivity index (χ0n) is 11.5. The number of aromatic nitrogens is 1. The van der Waals surface area contributed by atoms with Gasteiger partial charge in [0.1, 0.15) is 5.60 Å². The summed E-state index contributed by atoms with van der Waals surface area (Å²) in [6, 6.07) is 2.14. The van der Waals surface area contributed by atoms with Gasteiger partial charge in [-0.3, -0.25) is 0 Å². The molecule has 0 fully saturated rings. The maximum Gasteiger partial charge on any atom is 0.408 e. The molecule has 0 saturated heterocycles. The lowest BCUT2D eigenvalue weighted by Gasteiger charge is -2.22. The molecule has 1 radical (unpaired) electrons. The van der Waals surface area contributed by atoms with E-state index in [-0.39, 0.29) is 5.88 Å². The molecule has 1 aromatic rings. The molecule has 1 atom stereocenters. The van der Waals surface area contributed by atoms with Gasteiger partial charge < -0.3 is 14.8 Å². The highest BCUT2D eigenvalue weighted by Crippen LogP contribution is 2.18. The van der Waals surface area contributed by atoms with Gasteiger partial charge in [0.05, 0.1) is 6.04 Å². The highest BCUT2D eigenvalue weighted by atomic mass is 19.3. The molecular formula is C13H17F2N2O3. The van der Waals surface area contributed by atoms with Crippen LogP contribution in [-0.4, -0.2) is 23.3 Å². The summed E-state index contributed by atoms with van der Waals surface area (Å²) in [6.45, 7) is 5.94. The van der Waals surface area contributed by atoms with Crippen LogP contribution in [0.5, 0.6) is 5.88 Å². The monoisotopic (exact) mass is 287 g/mol. The van der Waals surface area contributed by atoms with E-state index in [2.05, 4.69) is 22.0 Å². The summed E-state index contributed by atoms with van der Waals surface area (Å²) in [5.41, 5.74) is -0.159. The molecule has 1 rings (SSSR count). The first-order valence-corrected chi connectivity index (χ1v) is 5.91. The van der Waals surface area contributed by atoms with Crippen molar-refractivity contribution in [2.24, 2.45) is 0 Å². The van der Waals surface area contributed by atoms with Crippen molar-refractivity contribution in [2.45, 2.75) is 39.0 Å². The number of rotatable bonds is 4. The van der Waals surface area contributed by atoms with Gasteiger partial charge >= 0.3 is 12.7 Å². The number of pyridine rings is 1. The number of alkyl halides is 2. The summed E-state index contributed by atoms with van der Waals surface area (Å²) in [5.74, 6) is -0.239. The first kappa shape index (κ1) is 16.1. The molecule has 7 heteroatoms. The Morgan fingerprint density at radius 2 is 2.10 bits per heavy atom. The minimum Gasteiger partial charge on any atom is -0.444 e. The van der Waals surface area contributed by atoms with Gasteiger partial charge in [-0.05, 0) is 39.3 Å². The van der Waals surface area contributed by atoms with E-state index in [0.717, 1.165) is 0 Å². The third-order valence-corrected chi connectivity index (χ3v) is 2.06. The van der Waals surface area contributed by atoms with Crippen LogP contribution in [0, 0.1) is 6.92 Å². The third-order valence-electron chi connectivity index (χ3n) is 2.06. The summed E-state index contributed by atoms with van der Waals surface area (Å²) in [6.07, 6.45) is 0.646. The van der Waals surface area contributed by atoms with Crippen LogP contribution in [0.15, 0.2) is 18.3 Å². The lowest BCUT2D eigenvalue weighted by atomic mass is 10.1. The van der Waals surface area contributed by atoms with E-state index in [4.69, 9.17) is 4.74 Å². The second-order valence-corrected chi connectivity index (χ2v) is 5.00. The fourth-order valence-corrected chi connectivity index (χ4v) is 1.33. The number of amides is 1. The average Bonchev–Trinajstić information content (AvgIpc) is 2.25. The largest absolute Gasteiger partial charge is 0.444 e. The molecule has 20 heavy (non-hydrogen) atoms. The highest BCUT2D eigenvalue weighted by Gasteiger charge is 2.18. The Morgan fingerprint density at radius 1 is 1.45 bits per heavy atom. The smallest absolute Gasteiger partial charge is 0.408 e. The van der Waals surface area contributed by atoms with Gasteiger partial charge in [-0.1, -0.05) is 0 Å². The minimum absolute atomic E-state index is 0.239. The summed E-state index contributed by atoms with van der Waals surface area (Å²) in [4.78, 5) is 15.2. The van der Waals surface area contributed by atoms with Crippen LogP contribution < -0.4 is 10.1 Å². The van der Waals surface area contributed by atoms with E-state index in [0.29, 0.717) is 5.56 Å². The molecule has 0 aliphatic carbocycles. The van der Waals surface area contributed by atoms with Crippen molar-refractivity contribution in [3.8, 4) is 5.88 Å². The third kappa shape index (κ3) is 5.81. The number of carbonyl (C=O) groups excluding carboxylic acids is 1. The van der Waals surface area contributed by atoms with Gasteiger partial charge in [-0.25, -0.2) is 9.78 Å². The number of nitrogens with one attached hydrogen (secondary N) is 1. The molecular weight excluding hydrogens is 270 g/mol. The number of hydrogen-bond acceptors (Lipinski definition) is 4. The zero-order valence-corrected chi connectivity index (χ0v) is 11.5. The van der Waals surface area contributed by atoms with Gasteiger partial charge in [0.2, 0.25) is 5.88 Å². The van der Waals surface area contributed by atoms with Crippen LogP contribution in [0.1, 0.15) is 32.4 Å². The SMILES string of the molecule is [CH2]C(NC(=O)OC(C)(C)C)c1ccnc(OC(F)F)c1. The normalized spacial score (nSPS) is 12.9. The standard InChI is InChI=1S/C13H17F2N2O3/c1-8(17-12(18)20-13(2,3)4)9-5-6-16-10(7-9)19-11(14)15/h5-8,11H,1H2,2-4H3,(H,17,18). The topological polar surface area (TPSA) is 60.5 Å². The lowest BCUT2D eigenvalue weighted by Crippen LogP contribution is -2.34. The van der Waals surface area contributed by atoms with Gasteiger partial charge in [0, 0.05) is 12.3 Å². The first-order chi connectivity index (χ1) is 9.17. The molecule has 0 spiro atoms. The van der Waals surface area contributed by atoms with Gasteiger partial charge in [-0.15, -0.1) is 0 Å². The van der Waals surface area contributed by atoms with Crippen LogP contribution in [0.4, 0.5) is 13.6 Å². The van der Waals surface area contributed by atoms with Crippen molar-refractivity contribution < 1.29 is 23.0 Å². The molecule has 111 valence electrons. The maximum absolute atomic E-state index is 12.1. The molecule has 0 aliphatic heterocycles. The Kier molecular flexibility index (Phi) is 5.24. The average molecular weight is 287 g/mol. The molecule has 0 aromatic carbocycles. The molecule has 0 saturated carbocycles. The number of ether oxygens (including phenoxy) is 2. The van der Waals surface area contributed by atoms with Gasteiger partial charge in [0.25, 0.3) is 0 Å². The van der Waals surface area contributed by atoms with Crippen LogP contribution in [0.3, 0.4) is 0 Å². The number of halogens is 2. The zero-order chi connectivity index (χ0) is 15.3. The highest BCUT2D eigenvalue weighted by molar-refractivity contribution is 5.68. The van der Waals surface area contributed by atoms with Crippen molar-refractivity contribution in [3.05, 3.63) is 30.8 Å². The molecule has 5 nitrogen and oxygen atoms in total. The Bertz CT molecular complexity index is 461. The number of carbonyl (C=O) groups is 1. The van der Waals surface area contributed by atoms with Crippen LogP contribution >= 0.6 is 0 Å². The molecule has 0 bridgehead atoms. The van der Waals surface area contributed by atoms with E-state index < -0.39 is 24.3 Å². The lowest BCUT2D eigenvalue weighted by molar-refractivity contribution is -0.0529. The summed E-state index contributed by atoms with van der Waals surface area (Å²) in [5, 5.41) is 2.49. The van der Waals surface area contributed by atoms with E-state index >= 15 is 0 Å². The fourth-order valence-electron chi connectivity index (χ4n) is 1.33. The molecule has 0 aliphatic rings. The van der Waals surface area contributed by atoms with Crippen LogP contribution in [0.25, 0.3) is 0 Å². The van der Waals surface area contributed by atoms with Crippen LogP contribution in [-0.2, 0) is 4.74 Å². The summed E-state index contributed by atoms with van der Waals surface area (Å²) < 4.78 is 33.4. The first-order valence-electron chi connectivity index (χ1n) is 5.91. The van der Waals surface area contributed by atoms with Crippen molar-refractivity contribution >= 4 is 6.09 Å². The minimum atomic E-state index is -2.96. The molecule has 1 aromatic heterocycles. The molecule has 1 unspecified atom stereocenters. The molecule has 1 amide bonds. The fraction of sp³-hybridized carbons (Fsp3) is 0.462. The Morgan fingerprint density at radius 3 is 2.65 bits per heavy atom. The van der Waals surface area contributed by atoms with Crippen molar-refractivity contribution in [2.75, 3.05) is 0 Å². The van der Waals surface area contributed by atoms with Crippen molar-refractivity contribution in [1.29, 1.82) is 0 Å². The Balaban J connectivity index is 2.67. The van der Waals surface area contributed by atoms with Crippen LogP contribution in [0.2, 0.25) is 0 Å². The quantitative estimate of drug-likeness (QED) is 0.924. The maximum atomic E-state index is 12.1. The molecule has 1 N–H and O–H groups in total.